The molecule has 0 radical (unpaired) electrons. The standard InChI is InChI=1S/C11H15NO2/c1-8(2)11(13)14-9(3)10-6-4-5-7-12-10/h4-9H,1-3H3. The molecule has 0 fully saturated rings. The topological polar surface area (TPSA) is 39.2 Å². The van der Waals surface area contributed by atoms with Crippen LogP contribution in [0.25, 0.3) is 0 Å². The van der Waals surface area contributed by atoms with E-state index in [0.29, 0.717) is 0 Å². The number of rotatable bonds is 3. The fourth-order valence-electron chi connectivity index (χ4n) is 0.987. The quantitative estimate of drug-likeness (QED) is 0.692. The van der Waals surface area contributed by atoms with Gasteiger partial charge in [0.15, 0.2) is 0 Å². The highest BCUT2D eigenvalue weighted by molar-refractivity contribution is 5.71. The smallest absolute Gasteiger partial charge is 0.309 e. The maximum atomic E-state index is 11.3. The summed E-state index contributed by atoms with van der Waals surface area (Å²) in [6.45, 7) is 5.45. The van der Waals surface area contributed by atoms with Gasteiger partial charge in [-0.15, -0.1) is 0 Å². The van der Waals surface area contributed by atoms with Gasteiger partial charge in [-0.05, 0) is 19.1 Å². The van der Waals surface area contributed by atoms with Crippen molar-refractivity contribution in [3.8, 4) is 0 Å². The zero-order chi connectivity index (χ0) is 10.6. The Bertz CT molecular complexity index is 295. The highest BCUT2D eigenvalue weighted by Gasteiger charge is 2.14. The molecule has 3 heteroatoms. The summed E-state index contributed by atoms with van der Waals surface area (Å²) in [6, 6.07) is 5.56. The number of carbonyl (C=O) groups excluding carboxylic acids is 1. The molecule has 1 heterocycles. The molecule has 1 rings (SSSR count). The molecule has 14 heavy (non-hydrogen) atoms. The molecule has 1 unspecified atom stereocenters. The molecular weight excluding hydrogens is 178 g/mol. The van der Waals surface area contributed by atoms with Crippen molar-refractivity contribution >= 4 is 5.97 Å². The third-order valence-electron chi connectivity index (χ3n) is 1.87. The van der Waals surface area contributed by atoms with Gasteiger partial charge in [-0.25, -0.2) is 0 Å². The SMILES string of the molecule is CC(C)C(=O)OC(C)c1ccccn1. The lowest BCUT2D eigenvalue weighted by Crippen LogP contribution is -2.14. The second kappa shape index (κ2) is 4.74. The van der Waals surface area contributed by atoms with E-state index in [1.807, 2.05) is 39.0 Å². The first-order valence-corrected chi connectivity index (χ1v) is 4.72. The van der Waals surface area contributed by atoms with Gasteiger partial charge in [-0.1, -0.05) is 19.9 Å². The lowest BCUT2D eigenvalue weighted by Gasteiger charge is -2.13. The van der Waals surface area contributed by atoms with Gasteiger partial charge >= 0.3 is 5.97 Å². The largest absolute Gasteiger partial charge is 0.456 e. The van der Waals surface area contributed by atoms with E-state index in [1.54, 1.807) is 6.20 Å². The zero-order valence-corrected chi connectivity index (χ0v) is 8.73. The van der Waals surface area contributed by atoms with Crippen LogP contribution in [0, 0.1) is 5.92 Å². The van der Waals surface area contributed by atoms with Crippen LogP contribution in [0.2, 0.25) is 0 Å². The third-order valence-corrected chi connectivity index (χ3v) is 1.87. The maximum absolute atomic E-state index is 11.3. The van der Waals surface area contributed by atoms with E-state index in [4.69, 9.17) is 4.74 Å². The summed E-state index contributed by atoms with van der Waals surface area (Å²) in [4.78, 5) is 15.4. The summed E-state index contributed by atoms with van der Waals surface area (Å²) in [7, 11) is 0. The number of carbonyl (C=O) groups is 1. The predicted octanol–water partition coefficient (Wildman–Crippen LogP) is 2.34. The zero-order valence-electron chi connectivity index (χ0n) is 8.73. The van der Waals surface area contributed by atoms with Crippen LogP contribution in [-0.2, 0) is 9.53 Å². The molecule has 0 spiro atoms. The normalized spacial score (nSPS) is 12.6. The van der Waals surface area contributed by atoms with Crippen molar-refractivity contribution in [3.05, 3.63) is 30.1 Å². The van der Waals surface area contributed by atoms with E-state index in [0.717, 1.165) is 5.69 Å². The first-order chi connectivity index (χ1) is 6.61. The summed E-state index contributed by atoms with van der Waals surface area (Å²) >= 11 is 0. The van der Waals surface area contributed by atoms with Crippen molar-refractivity contribution in [2.24, 2.45) is 5.92 Å². The number of ether oxygens (including phenoxy) is 1. The van der Waals surface area contributed by atoms with Gasteiger partial charge in [0.25, 0.3) is 0 Å². The third kappa shape index (κ3) is 2.83. The molecule has 0 aromatic carbocycles. The summed E-state index contributed by atoms with van der Waals surface area (Å²) in [5.41, 5.74) is 0.779. The Morgan fingerprint density at radius 3 is 2.57 bits per heavy atom. The van der Waals surface area contributed by atoms with E-state index in [9.17, 15) is 4.79 Å². The van der Waals surface area contributed by atoms with Crippen LogP contribution in [0.4, 0.5) is 0 Å². The second-order valence-electron chi connectivity index (χ2n) is 3.49. The van der Waals surface area contributed by atoms with Crippen molar-refractivity contribution in [3.63, 3.8) is 0 Å². The van der Waals surface area contributed by atoms with Crippen molar-refractivity contribution in [2.75, 3.05) is 0 Å². The minimum Gasteiger partial charge on any atom is -0.456 e. The van der Waals surface area contributed by atoms with Crippen LogP contribution in [0.1, 0.15) is 32.6 Å². The molecule has 0 saturated heterocycles. The molecule has 1 aromatic rings. The van der Waals surface area contributed by atoms with E-state index in [1.165, 1.54) is 0 Å². The van der Waals surface area contributed by atoms with Gasteiger partial charge in [-0.3, -0.25) is 9.78 Å². The first kappa shape index (κ1) is 10.7. The van der Waals surface area contributed by atoms with Crippen LogP contribution < -0.4 is 0 Å². The Morgan fingerprint density at radius 1 is 1.36 bits per heavy atom. The molecular formula is C11H15NO2. The number of hydrogen-bond acceptors (Lipinski definition) is 3. The van der Waals surface area contributed by atoms with E-state index >= 15 is 0 Å². The lowest BCUT2D eigenvalue weighted by atomic mass is 10.2. The molecule has 0 saturated carbocycles. The minimum atomic E-state index is -0.272. The minimum absolute atomic E-state index is 0.0961. The maximum Gasteiger partial charge on any atom is 0.309 e. The van der Waals surface area contributed by atoms with Crippen LogP contribution in [0.3, 0.4) is 0 Å². The van der Waals surface area contributed by atoms with Gasteiger partial charge < -0.3 is 4.74 Å². The van der Waals surface area contributed by atoms with Gasteiger partial charge in [0.2, 0.25) is 0 Å². The Balaban J connectivity index is 2.59. The molecule has 0 aliphatic rings. The van der Waals surface area contributed by atoms with Crippen LogP contribution >= 0.6 is 0 Å². The monoisotopic (exact) mass is 193 g/mol. The van der Waals surface area contributed by atoms with E-state index < -0.39 is 0 Å². The van der Waals surface area contributed by atoms with E-state index in [-0.39, 0.29) is 18.0 Å². The highest BCUT2D eigenvalue weighted by Crippen LogP contribution is 2.15. The molecule has 0 aliphatic carbocycles. The summed E-state index contributed by atoms with van der Waals surface area (Å²) < 4.78 is 5.20. The Morgan fingerprint density at radius 2 is 2.07 bits per heavy atom. The highest BCUT2D eigenvalue weighted by atomic mass is 16.5. The second-order valence-corrected chi connectivity index (χ2v) is 3.49. The van der Waals surface area contributed by atoms with Crippen molar-refractivity contribution in [1.29, 1.82) is 0 Å². The van der Waals surface area contributed by atoms with Crippen molar-refractivity contribution in [2.45, 2.75) is 26.9 Å². The molecule has 1 aromatic heterocycles. The molecule has 0 bridgehead atoms. The van der Waals surface area contributed by atoms with Crippen LogP contribution in [-0.4, -0.2) is 11.0 Å². The molecule has 1 atom stereocenters. The number of pyridine rings is 1. The average molecular weight is 193 g/mol. The fraction of sp³-hybridized carbons (Fsp3) is 0.455. The van der Waals surface area contributed by atoms with Crippen LogP contribution in [0.5, 0.6) is 0 Å². The number of aromatic nitrogens is 1. The Labute approximate surface area is 84.1 Å². The van der Waals surface area contributed by atoms with Crippen LogP contribution in [0.15, 0.2) is 24.4 Å². The fourth-order valence-corrected chi connectivity index (χ4v) is 0.987. The van der Waals surface area contributed by atoms with Gasteiger partial charge in [0.1, 0.15) is 6.10 Å². The molecule has 0 aliphatic heterocycles. The summed E-state index contributed by atoms with van der Waals surface area (Å²) in [5.74, 6) is -0.288. The van der Waals surface area contributed by atoms with Crippen molar-refractivity contribution in [1.82, 2.24) is 4.98 Å². The predicted molar refractivity (Wildman–Crippen MR) is 53.6 cm³/mol. The number of esters is 1. The molecule has 76 valence electrons. The van der Waals surface area contributed by atoms with Gasteiger partial charge in [-0.2, -0.15) is 0 Å². The van der Waals surface area contributed by atoms with Crippen molar-refractivity contribution < 1.29 is 9.53 Å². The summed E-state index contributed by atoms with van der Waals surface area (Å²) in [6.07, 6.45) is 1.42. The first-order valence-electron chi connectivity index (χ1n) is 4.72. The Kier molecular flexibility index (Phi) is 3.63. The summed E-state index contributed by atoms with van der Waals surface area (Å²) in [5, 5.41) is 0. The number of nitrogens with zero attached hydrogens (tertiary/aromatic N) is 1. The number of hydrogen-bond donors (Lipinski definition) is 0. The molecule has 0 N–H and O–H groups in total. The molecule has 0 amide bonds. The van der Waals surface area contributed by atoms with Gasteiger partial charge in [0.05, 0.1) is 11.6 Å². The van der Waals surface area contributed by atoms with Gasteiger partial charge in [0, 0.05) is 6.20 Å². The Hall–Kier alpha value is -1.38. The average Bonchev–Trinajstić information content (AvgIpc) is 2.19. The lowest BCUT2D eigenvalue weighted by molar-refractivity contribution is -0.152. The van der Waals surface area contributed by atoms with E-state index in [2.05, 4.69) is 4.98 Å². The molecule has 3 nitrogen and oxygen atoms in total.